The average Bonchev–Trinajstić information content (AvgIpc) is 2.38. The van der Waals surface area contributed by atoms with Crippen molar-refractivity contribution in [2.45, 2.75) is 45.6 Å². The number of halogens is 1. The van der Waals surface area contributed by atoms with Crippen LogP contribution in [-0.2, 0) is 0 Å². The fraction of sp³-hybridized carbons (Fsp3) is 0.600. The molecule has 1 aliphatic rings. The Morgan fingerprint density at radius 1 is 1.42 bits per heavy atom. The van der Waals surface area contributed by atoms with Crippen molar-refractivity contribution in [3.8, 4) is 0 Å². The van der Waals surface area contributed by atoms with Crippen LogP contribution in [0.1, 0.15) is 49.9 Å². The van der Waals surface area contributed by atoms with Gasteiger partial charge in [-0.2, -0.15) is 4.39 Å². The van der Waals surface area contributed by atoms with Gasteiger partial charge < -0.3 is 4.90 Å². The van der Waals surface area contributed by atoms with E-state index in [0.717, 1.165) is 25.7 Å². The molecule has 4 heteroatoms. The molecule has 1 saturated carbocycles. The van der Waals surface area contributed by atoms with Crippen LogP contribution >= 0.6 is 0 Å². The molecule has 0 saturated heterocycles. The van der Waals surface area contributed by atoms with Crippen LogP contribution < -0.4 is 0 Å². The molecular formula is C15H21FN2O. The minimum absolute atomic E-state index is 0.0647. The molecule has 19 heavy (non-hydrogen) atoms. The second kappa shape index (κ2) is 5.27. The number of amides is 1. The van der Waals surface area contributed by atoms with E-state index < -0.39 is 5.95 Å². The smallest absolute Gasteiger partial charge is 0.258 e. The minimum Gasteiger partial charge on any atom is -0.339 e. The van der Waals surface area contributed by atoms with Crippen LogP contribution in [0.4, 0.5) is 4.39 Å². The second-order valence-corrected chi connectivity index (χ2v) is 6.15. The van der Waals surface area contributed by atoms with Crippen LogP contribution in [-0.4, -0.2) is 28.9 Å². The Labute approximate surface area is 113 Å². The first-order valence-electron chi connectivity index (χ1n) is 6.78. The van der Waals surface area contributed by atoms with Crippen LogP contribution in [0.15, 0.2) is 18.3 Å². The summed E-state index contributed by atoms with van der Waals surface area (Å²) in [5.74, 6) is -0.953. The Balaban J connectivity index is 2.06. The van der Waals surface area contributed by atoms with Crippen molar-refractivity contribution in [3.05, 3.63) is 29.8 Å². The summed E-state index contributed by atoms with van der Waals surface area (Å²) in [6.45, 7) is 4.51. The molecule has 1 fully saturated rings. The third-order valence-corrected chi connectivity index (χ3v) is 4.17. The van der Waals surface area contributed by atoms with Gasteiger partial charge in [0.05, 0.1) is 5.56 Å². The van der Waals surface area contributed by atoms with Crippen molar-refractivity contribution in [2.24, 2.45) is 5.41 Å². The molecule has 1 amide bonds. The van der Waals surface area contributed by atoms with E-state index in [-0.39, 0.29) is 17.5 Å². The van der Waals surface area contributed by atoms with Gasteiger partial charge in [0, 0.05) is 19.3 Å². The summed E-state index contributed by atoms with van der Waals surface area (Å²) in [6, 6.07) is 3.29. The van der Waals surface area contributed by atoms with Crippen LogP contribution in [0.3, 0.4) is 0 Å². The standard InChI is InChI=1S/C15H21FN2O/c1-15(2)8-6-11(7-9-15)18(3)14(19)12-5-4-10-17-13(12)16/h4-5,10-11H,6-9H2,1-3H3. The van der Waals surface area contributed by atoms with Gasteiger partial charge in [0.2, 0.25) is 5.95 Å². The molecular weight excluding hydrogens is 243 g/mol. The summed E-state index contributed by atoms with van der Waals surface area (Å²) in [5, 5.41) is 0. The van der Waals surface area contributed by atoms with E-state index >= 15 is 0 Å². The zero-order chi connectivity index (χ0) is 14.0. The maximum absolute atomic E-state index is 13.5. The highest BCUT2D eigenvalue weighted by atomic mass is 19.1. The zero-order valence-corrected chi connectivity index (χ0v) is 11.8. The van der Waals surface area contributed by atoms with Gasteiger partial charge in [0.25, 0.3) is 5.91 Å². The number of carbonyl (C=O) groups excluding carboxylic acids is 1. The Morgan fingerprint density at radius 3 is 2.63 bits per heavy atom. The number of hydrogen-bond donors (Lipinski definition) is 0. The summed E-state index contributed by atoms with van der Waals surface area (Å²) in [5.41, 5.74) is 0.426. The number of pyridine rings is 1. The summed E-state index contributed by atoms with van der Waals surface area (Å²) >= 11 is 0. The lowest BCUT2D eigenvalue weighted by atomic mass is 9.75. The first-order valence-corrected chi connectivity index (χ1v) is 6.78. The normalized spacial score (nSPS) is 19.2. The van der Waals surface area contributed by atoms with Gasteiger partial charge in [0.15, 0.2) is 0 Å². The molecule has 0 aliphatic heterocycles. The van der Waals surface area contributed by atoms with E-state index in [1.54, 1.807) is 18.0 Å². The van der Waals surface area contributed by atoms with Gasteiger partial charge in [0.1, 0.15) is 0 Å². The number of carbonyl (C=O) groups is 1. The fourth-order valence-corrected chi connectivity index (χ4v) is 2.67. The summed E-state index contributed by atoms with van der Waals surface area (Å²) in [4.78, 5) is 17.5. The van der Waals surface area contributed by atoms with Crippen LogP contribution in [0.5, 0.6) is 0 Å². The maximum atomic E-state index is 13.5. The van der Waals surface area contributed by atoms with E-state index in [1.165, 1.54) is 12.3 Å². The van der Waals surface area contributed by atoms with Gasteiger partial charge in [-0.15, -0.1) is 0 Å². The Bertz CT molecular complexity index is 463. The molecule has 1 aromatic heterocycles. The lowest BCUT2D eigenvalue weighted by Crippen LogP contribution is -2.41. The summed E-state index contributed by atoms with van der Waals surface area (Å²) in [6.07, 6.45) is 5.53. The molecule has 104 valence electrons. The van der Waals surface area contributed by atoms with Crippen LogP contribution in [0.25, 0.3) is 0 Å². The molecule has 0 N–H and O–H groups in total. The van der Waals surface area contributed by atoms with Crippen molar-refractivity contribution in [1.82, 2.24) is 9.88 Å². The molecule has 2 rings (SSSR count). The second-order valence-electron chi connectivity index (χ2n) is 6.15. The zero-order valence-electron chi connectivity index (χ0n) is 11.8. The molecule has 3 nitrogen and oxygen atoms in total. The quantitative estimate of drug-likeness (QED) is 0.768. The Hall–Kier alpha value is -1.45. The van der Waals surface area contributed by atoms with Gasteiger partial charge in [-0.3, -0.25) is 4.79 Å². The molecule has 0 radical (unpaired) electrons. The topological polar surface area (TPSA) is 33.2 Å². The fourth-order valence-electron chi connectivity index (χ4n) is 2.67. The van der Waals surface area contributed by atoms with Crippen molar-refractivity contribution in [1.29, 1.82) is 0 Å². The van der Waals surface area contributed by atoms with E-state index in [4.69, 9.17) is 0 Å². The van der Waals surface area contributed by atoms with Gasteiger partial charge in [-0.05, 0) is 43.2 Å². The van der Waals surface area contributed by atoms with E-state index in [1.807, 2.05) is 0 Å². The van der Waals surface area contributed by atoms with Crippen molar-refractivity contribution >= 4 is 5.91 Å². The van der Waals surface area contributed by atoms with E-state index in [2.05, 4.69) is 18.8 Å². The Kier molecular flexibility index (Phi) is 3.88. The van der Waals surface area contributed by atoms with E-state index in [9.17, 15) is 9.18 Å². The van der Waals surface area contributed by atoms with Crippen molar-refractivity contribution in [3.63, 3.8) is 0 Å². The monoisotopic (exact) mass is 264 g/mol. The summed E-state index contributed by atoms with van der Waals surface area (Å²) < 4.78 is 13.5. The molecule has 0 unspecified atom stereocenters. The third kappa shape index (κ3) is 3.11. The highest BCUT2D eigenvalue weighted by Crippen LogP contribution is 2.36. The number of aromatic nitrogens is 1. The molecule has 0 atom stereocenters. The highest BCUT2D eigenvalue weighted by Gasteiger charge is 2.31. The maximum Gasteiger partial charge on any atom is 0.258 e. The lowest BCUT2D eigenvalue weighted by molar-refractivity contribution is 0.0630. The van der Waals surface area contributed by atoms with Gasteiger partial charge in [-0.1, -0.05) is 13.8 Å². The molecule has 1 heterocycles. The molecule has 0 bridgehead atoms. The van der Waals surface area contributed by atoms with Crippen LogP contribution in [0.2, 0.25) is 0 Å². The molecule has 0 aromatic carbocycles. The van der Waals surface area contributed by atoms with E-state index in [0.29, 0.717) is 5.41 Å². The van der Waals surface area contributed by atoms with Crippen molar-refractivity contribution < 1.29 is 9.18 Å². The number of rotatable bonds is 2. The predicted molar refractivity (Wildman–Crippen MR) is 72.3 cm³/mol. The van der Waals surface area contributed by atoms with Crippen molar-refractivity contribution in [2.75, 3.05) is 7.05 Å². The van der Waals surface area contributed by atoms with Crippen LogP contribution in [0, 0.1) is 11.4 Å². The molecule has 1 aliphatic carbocycles. The number of nitrogens with zero attached hydrogens (tertiary/aromatic N) is 2. The first kappa shape index (κ1) is 14.0. The highest BCUT2D eigenvalue weighted by molar-refractivity contribution is 5.94. The first-order chi connectivity index (χ1) is 8.91. The van der Waals surface area contributed by atoms with Gasteiger partial charge >= 0.3 is 0 Å². The molecule has 0 spiro atoms. The average molecular weight is 264 g/mol. The lowest BCUT2D eigenvalue weighted by Gasteiger charge is -2.38. The SMILES string of the molecule is CN(C(=O)c1cccnc1F)C1CCC(C)(C)CC1. The molecule has 1 aromatic rings. The minimum atomic E-state index is -0.685. The predicted octanol–water partition coefficient (Wildman–Crippen LogP) is 3.26. The summed E-state index contributed by atoms with van der Waals surface area (Å²) in [7, 11) is 1.76. The largest absolute Gasteiger partial charge is 0.339 e. The number of hydrogen-bond acceptors (Lipinski definition) is 2. The third-order valence-electron chi connectivity index (χ3n) is 4.17. The Morgan fingerprint density at radius 2 is 2.05 bits per heavy atom. The van der Waals surface area contributed by atoms with Gasteiger partial charge in [-0.25, -0.2) is 4.98 Å².